The molecule has 0 bridgehead atoms. The number of nitrogens with two attached hydrogens (primary N) is 1. The Labute approximate surface area is 143 Å². The fourth-order valence-electron chi connectivity index (χ4n) is 2.51. The Morgan fingerprint density at radius 3 is 2.29 bits per heavy atom. The number of hydrogen-bond donors (Lipinski definition) is 4. The van der Waals surface area contributed by atoms with E-state index >= 15 is 0 Å². The van der Waals surface area contributed by atoms with Gasteiger partial charge in [0.25, 0.3) is 5.91 Å². The molecule has 1 aromatic rings. The van der Waals surface area contributed by atoms with Crippen molar-refractivity contribution in [2.75, 3.05) is 25.0 Å². The van der Waals surface area contributed by atoms with E-state index in [2.05, 4.69) is 16.0 Å². The summed E-state index contributed by atoms with van der Waals surface area (Å²) in [5.41, 5.74) is 9.88. The summed E-state index contributed by atoms with van der Waals surface area (Å²) in [7, 11) is 0. The molecule has 0 aromatic heterocycles. The molecular weight excluding hydrogens is 304 g/mol. The first kappa shape index (κ1) is 19.5. The molecule has 0 spiro atoms. The first-order chi connectivity index (χ1) is 11.3. The summed E-state index contributed by atoms with van der Waals surface area (Å²) in [4.78, 5) is 24.1. The standard InChI is InChI=1S/C18H28N4O2/c1-6-20-13(5)15(17(19)23)10-22-18(24)14-8-11(3)9-16(12(14)4)21-7-2/h8-9,20-21H,6-7,10H2,1-5H3,(H2,19,23)(H,22,24)/b15-13-. The first-order valence-electron chi connectivity index (χ1n) is 8.18. The van der Waals surface area contributed by atoms with E-state index in [0.29, 0.717) is 23.4 Å². The van der Waals surface area contributed by atoms with E-state index in [4.69, 9.17) is 5.73 Å². The molecule has 6 nitrogen and oxygen atoms in total. The Morgan fingerprint density at radius 2 is 1.75 bits per heavy atom. The van der Waals surface area contributed by atoms with Crippen LogP contribution in [-0.2, 0) is 4.79 Å². The summed E-state index contributed by atoms with van der Waals surface area (Å²) >= 11 is 0. The predicted octanol–water partition coefficient (Wildman–Crippen LogP) is 1.83. The molecule has 5 N–H and O–H groups in total. The van der Waals surface area contributed by atoms with E-state index < -0.39 is 5.91 Å². The molecule has 6 heteroatoms. The number of carbonyl (C=O) groups is 2. The number of anilines is 1. The van der Waals surface area contributed by atoms with Gasteiger partial charge in [0.15, 0.2) is 0 Å². The molecule has 132 valence electrons. The Hall–Kier alpha value is -2.50. The zero-order valence-corrected chi connectivity index (χ0v) is 15.2. The highest BCUT2D eigenvalue weighted by molar-refractivity contribution is 5.99. The van der Waals surface area contributed by atoms with Gasteiger partial charge in [0.2, 0.25) is 5.91 Å². The van der Waals surface area contributed by atoms with Crippen LogP contribution < -0.4 is 21.7 Å². The molecule has 0 aliphatic heterocycles. The smallest absolute Gasteiger partial charge is 0.251 e. The van der Waals surface area contributed by atoms with Crippen molar-refractivity contribution in [3.63, 3.8) is 0 Å². The minimum Gasteiger partial charge on any atom is -0.388 e. The number of allylic oxidation sites excluding steroid dienone is 1. The summed E-state index contributed by atoms with van der Waals surface area (Å²) in [5, 5.41) is 9.10. The largest absolute Gasteiger partial charge is 0.388 e. The van der Waals surface area contributed by atoms with E-state index in [0.717, 1.165) is 23.4 Å². The average molecular weight is 332 g/mol. The maximum atomic E-state index is 12.5. The van der Waals surface area contributed by atoms with Gasteiger partial charge in [0, 0.05) is 30.0 Å². The molecule has 0 fully saturated rings. The molecule has 0 aliphatic rings. The van der Waals surface area contributed by atoms with Crippen LogP contribution in [-0.4, -0.2) is 31.4 Å². The molecule has 0 saturated carbocycles. The van der Waals surface area contributed by atoms with E-state index in [1.54, 1.807) is 6.92 Å². The van der Waals surface area contributed by atoms with E-state index in [1.165, 1.54) is 0 Å². The Kier molecular flexibility index (Phi) is 7.30. The summed E-state index contributed by atoms with van der Waals surface area (Å²) in [5.74, 6) is -0.763. The molecule has 24 heavy (non-hydrogen) atoms. The summed E-state index contributed by atoms with van der Waals surface area (Å²) in [6.07, 6.45) is 0. The van der Waals surface area contributed by atoms with E-state index in [1.807, 2.05) is 39.8 Å². The van der Waals surface area contributed by atoms with Gasteiger partial charge in [-0.25, -0.2) is 0 Å². The second kappa shape index (κ2) is 8.96. The zero-order chi connectivity index (χ0) is 18.3. The van der Waals surface area contributed by atoms with Crippen LogP contribution in [0.15, 0.2) is 23.4 Å². The van der Waals surface area contributed by atoms with Crippen LogP contribution in [0.25, 0.3) is 0 Å². The Bertz CT molecular complexity index is 651. The minimum absolute atomic E-state index is 0.0942. The lowest BCUT2D eigenvalue weighted by Gasteiger charge is -2.15. The lowest BCUT2D eigenvalue weighted by atomic mass is 10.0. The van der Waals surface area contributed by atoms with Gasteiger partial charge in [-0.3, -0.25) is 9.59 Å². The molecule has 0 radical (unpaired) electrons. The van der Waals surface area contributed by atoms with Crippen LogP contribution >= 0.6 is 0 Å². The van der Waals surface area contributed by atoms with Crippen molar-refractivity contribution in [1.29, 1.82) is 0 Å². The van der Waals surface area contributed by atoms with Gasteiger partial charge >= 0.3 is 0 Å². The van der Waals surface area contributed by atoms with Gasteiger partial charge < -0.3 is 21.7 Å². The minimum atomic E-state index is -0.539. The summed E-state index contributed by atoms with van der Waals surface area (Å²) in [6.45, 7) is 11.1. The van der Waals surface area contributed by atoms with Crippen molar-refractivity contribution in [3.8, 4) is 0 Å². The summed E-state index contributed by atoms with van der Waals surface area (Å²) < 4.78 is 0. The van der Waals surface area contributed by atoms with Gasteiger partial charge in [-0.2, -0.15) is 0 Å². The van der Waals surface area contributed by atoms with Crippen LogP contribution in [0.1, 0.15) is 42.3 Å². The Balaban J connectivity index is 3.00. The van der Waals surface area contributed by atoms with Crippen molar-refractivity contribution < 1.29 is 9.59 Å². The molecule has 0 saturated heterocycles. The number of benzene rings is 1. The van der Waals surface area contributed by atoms with Gasteiger partial charge in [0.1, 0.15) is 0 Å². The van der Waals surface area contributed by atoms with Crippen molar-refractivity contribution >= 4 is 17.5 Å². The highest BCUT2D eigenvalue weighted by atomic mass is 16.2. The van der Waals surface area contributed by atoms with Crippen LogP contribution in [0.5, 0.6) is 0 Å². The van der Waals surface area contributed by atoms with Crippen molar-refractivity contribution in [1.82, 2.24) is 10.6 Å². The number of hydrogen-bond acceptors (Lipinski definition) is 4. The SMILES string of the molecule is CCN/C(C)=C(/CNC(=O)c1cc(C)cc(NCC)c1C)C(N)=O. The van der Waals surface area contributed by atoms with Crippen LogP contribution in [0.3, 0.4) is 0 Å². The predicted molar refractivity (Wildman–Crippen MR) is 98.0 cm³/mol. The number of amides is 2. The number of carbonyl (C=O) groups excluding carboxylic acids is 2. The lowest BCUT2D eigenvalue weighted by Crippen LogP contribution is -2.33. The van der Waals surface area contributed by atoms with Crippen LogP contribution in [0.2, 0.25) is 0 Å². The van der Waals surface area contributed by atoms with Crippen molar-refractivity contribution in [2.24, 2.45) is 5.73 Å². The van der Waals surface area contributed by atoms with E-state index in [-0.39, 0.29) is 12.5 Å². The second-order valence-corrected chi connectivity index (χ2v) is 5.70. The molecule has 0 unspecified atom stereocenters. The van der Waals surface area contributed by atoms with E-state index in [9.17, 15) is 9.59 Å². The highest BCUT2D eigenvalue weighted by Gasteiger charge is 2.15. The monoisotopic (exact) mass is 332 g/mol. The number of primary amides is 1. The molecule has 0 atom stereocenters. The Morgan fingerprint density at radius 1 is 1.08 bits per heavy atom. The normalized spacial score (nSPS) is 11.5. The van der Waals surface area contributed by atoms with Gasteiger partial charge in [0.05, 0.1) is 12.1 Å². The maximum Gasteiger partial charge on any atom is 0.251 e. The molecule has 0 aliphatic carbocycles. The summed E-state index contributed by atoms with van der Waals surface area (Å²) in [6, 6.07) is 3.86. The van der Waals surface area contributed by atoms with Gasteiger partial charge in [-0.15, -0.1) is 0 Å². The topological polar surface area (TPSA) is 96.2 Å². The third kappa shape index (κ3) is 5.01. The third-order valence-corrected chi connectivity index (χ3v) is 3.78. The average Bonchev–Trinajstić information content (AvgIpc) is 2.50. The van der Waals surface area contributed by atoms with Gasteiger partial charge in [-0.05, 0) is 57.9 Å². The van der Waals surface area contributed by atoms with Crippen LogP contribution in [0.4, 0.5) is 5.69 Å². The van der Waals surface area contributed by atoms with Crippen LogP contribution in [0, 0.1) is 13.8 Å². The fourth-order valence-corrected chi connectivity index (χ4v) is 2.51. The lowest BCUT2D eigenvalue weighted by molar-refractivity contribution is -0.114. The first-order valence-corrected chi connectivity index (χ1v) is 8.18. The number of aryl methyl sites for hydroxylation is 1. The number of rotatable bonds is 8. The third-order valence-electron chi connectivity index (χ3n) is 3.78. The van der Waals surface area contributed by atoms with Crippen molar-refractivity contribution in [3.05, 3.63) is 40.1 Å². The molecule has 1 rings (SSSR count). The molecule has 0 heterocycles. The molecule has 1 aromatic carbocycles. The number of nitrogens with one attached hydrogen (secondary N) is 3. The molecule has 2 amide bonds. The van der Waals surface area contributed by atoms with Crippen molar-refractivity contribution in [2.45, 2.75) is 34.6 Å². The zero-order valence-electron chi connectivity index (χ0n) is 15.2. The molecular formula is C18H28N4O2. The quantitative estimate of drug-likeness (QED) is 0.546. The second-order valence-electron chi connectivity index (χ2n) is 5.70. The van der Waals surface area contributed by atoms with Gasteiger partial charge in [-0.1, -0.05) is 0 Å². The maximum absolute atomic E-state index is 12.5. The highest BCUT2D eigenvalue weighted by Crippen LogP contribution is 2.21. The fraction of sp³-hybridized carbons (Fsp3) is 0.444.